The molecule has 318 valence electrons. The van der Waals surface area contributed by atoms with E-state index in [1.807, 2.05) is 97.3 Å². The first kappa shape index (κ1) is 39.0. The Morgan fingerprint density at radius 2 is 0.721 bits per heavy atom. The molecule has 13 aromatic rings. The molecule has 0 fully saturated rings. The summed E-state index contributed by atoms with van der Waals surface area (Å²) in [6.45, 7) is 0. The SMILES string of the molecule is c1ccc(-c2ccc(-c3c(-n4c5ccccc5c5ncccc54)cc(-c4nc(-c5ccccc5)nc(-c5ccccc5)n4)cc3-n3c4ccccc4c4ncccc43)c(-c3ccccc3)n2)cc1. The van der Waals surface area contributed by atoms with Crippen LogP contribution in [0.2, 0.25) is 0 Å². The van der Waals surface area contributed by atoms with Crippen molar-refractivity contribution in [2.75, 3.05) is 0 Å². The van der Waals surface area contributed by atoms with Crippen LogP contribution in [0.1, 0.15) is 0 Å². The van der Waals surface area contributed by atoms with Crippen molar-refractivity contribution in [3.05, 3.63) is 231 Å². The first-order chi connectivity index (χ1) is 33.7. The summed E-state index contributed by atoms with van der Waals surface area (Å²) in [7, 11) is 0. The fourth-order valence-corrected chi connectivity index (χ4v) is 9.64. The third-order valence-corrected chi connectivity index (χ3v) is 12.7. The van der Waals surface area contributed by atoms with Crippen LogP contribution in [0.25, 0.3) is 123 Å². The normalized spacial score (nSPS) is 11.5. The number of benzene rings is 7. The molecule has 0 unspecified atom stereocenters. The van der Waals surface area contributed by atoms with Gasteiger partial charge in [-0.3, -0.25) is 9.97 Å². The van der Waals surface area contributed by atoms with Crippen LogP contribution in [0.3, 0.4) is 0 Å². The molecule has 0 aliphatic rings. The summed E-state index contributed by atoms with van der Waals surface area (Å²) in [5.74, 6) is 1.69. The number of para-hydroxylation sites is 2. The van der Waals surface area contributed by atoms with Gasteiger partial charge in [0.1, 0.15) is 0 Å². The lowest BCUT2D eigenvalue weighted by Gasteiger charge is -2.23. The average Bonchev–Trinajstić information content (AvgIpc) is 3.94. The first-order valence-electron chi connectivity index (χ1n) is 22.6. The van der Waals surface area contributed by atoms with Crippen LogP contribution >= 0.6 is 0 Å². The number of rotatable bonds is 8. The topological polar surface area (TPSA) is 87.2 Å². The molecule has 6 aromatic heterocycles. The summed E-state index contributed by atoms with van der Waals surface area (Å²) in [5.41, 5.74) is 15.8. The highest BCUT2D eigenvalue weighted by Gasteiger charge is 2.27. The smallest absolute Gasteiger partial charge is 0.164 e. The van der Waals surface area contributed by atoms with Crippen molar-refractivity contribution < 1.29 is 0 Å². The highest BCUT2D eigenvalue weighted by Crippen LogP contribution is 2.46. The summed E-state index contributed by atoms with van der Waals surface area (Å²) < 4.78 is 4.70. The third kappa shape index (κ3) is 6.54. The highest BCUT2D eigenvalue weighted by atomic mass is 15.1. The molecule has 0 aliphatic heterocycles. The van der Waals surface area contributed by atoms with Gasteiger partial charge >= 0.3 is 0 Å². The van der Waals surface area contributed by atoms with Gasteiger partial charge in [-0.15, -0.1) is 0 Å². The Hall–Kier alpha value is -9.40. The van der Waals surface area contributed by atoms with Gasteiger partial charge in [-0.05, 0) is 60.7 Å². The standard InChI is InChI=1S/C60H38N8/c1-5-19-39(20-6-1)47-34-33-46(55(63-47)40-21-7-2-8-22-40)54-52(67-48-29-15-13-27-44(48)56-50(67)31-17-35-61-56)37-43(38-53(54)68-49-30-16-14-28-45(49)57-51(68)32-18-36-62-57)60-65-58(41-23-9-3-10-24-41)64-59(66-60)42-25-11-4-12-26-42/h1-38H. The molecular weight excluding hydrogens is 833 g/mol. The molecule has 7 aromatic carbocycles. The van der Waals surface area contributed by atoms with E-state index in [2.05, 4.69) is 143 Å². The summed E-state index contributed by atoms with van der Waals surface area (Å²) in [6, 6.07) is 75.3. The fourth-order valence-electron chi connectivity index (χ4n) is 9.64. The van der Waals surface area contributed by atoms with Crippen LogP contribution < -0.4 is 0 Å². The molecule has 6 heterocycles. The lowest BCUT2D eigenvalue weighted by atomic mass is 9.93. The Morgan fingerprint density at radius 3 is 1.22 bits per heavy atom. The van der Waals surface area contributed by atoms with Crippen molar-refractivity contribution in [3.8, 4) is 79.2 Å². The van der Waals surface area contributed by atoms with E-state index in [9.17, 15) is 0 Å². The van der Waals surface area contributed by atoms with E-state index in [1.165, 1.54) is 0 Å². The summed E-state index contributed by atoms with van der Waals surface area (Å²) in [6.07, 6.45) is 3.74. The molecule has 0 saturated carbocycles. The molecule has 13 rings (SSSR count). The molecule has 0 atom stereocenters. The Bertz CT molecular complexity index is 3720. The number of pyridine rings is 3. The minimum atomic E-state index is 0.533. The zero-order valence-electron chi connectivity index (χ0n) is 36.5. The van der Waals surface area contributed by atoms with Crippen molar-refractivity contribution in [1.29, 1.82) is 0 Å². The predicted molar refractivity (Wildman–Crippen MR) is 275 cm³/mol. The average molecular weight is 871 g/mol. The maximum absolute atomic E-state index is 5.58. The Balaban J connectivity index is 1.23. The number of fused-ring (bicyclic) bond motifs is 6. The molecule has 0 radical (unpaired) electrons. The molecule has 0 N–H and O–H groups in total. The van der Waals surface area contributed by atoms with Crippen LogP contribution in [0.15, 0.2) is 231 Å². The second-order valence-corrected chi connectivity index (χ2v) is 16.7. The quantitative estimate of drug-likeness (QED) is 0.151. The third-order valence-electron chi connectivity index (χ3n) is 12.7. The van der Waals surface area contributed by atoms with Crippen LogP contribution in [0, 0.1) is 0 Å². The zero-order valence-corrected chi connectivity index (χ0v) is 36.5. The van der Waals surface area contributed by atoms with Gasteiger partial charge in [0.05, 0.1) is 55.9 Å². The lowest BCUT2D eigenvalue weighted by Crippen LogP contribution is -2.07. The van der Waals surface area contributed by atoms with Gasteiger partial charge in [0.25, 0.3) is 0 Å². The van der Waals surface area contributed by atoms with Crippen LogP contribution in [-0.2, 0) is 0 Å². The molecule has 8 nitrogen and oxygen atoms in total. The molecule has 68 heavy (non-hydrogen) atoms. The number of hydrogen-bond donors (Lipinski definition) is 0. The first-order valence-corrected chi connectivity index (χ1v) is 22.6. The van der Waals surface area contributed by atoms with Crippen molar-refractivity contribution in [2.24, 2.45) is 0 Å². The minimum Gasteiger partial charge on any atom is -0.307 e. The van der Waals surface area contributed by atoms with Gasteiger partial charge in [0, 0.05) is 62.1 Å². The number of hydrogen-bond acceptors (Lipinski definition) is 6. The van der Waals surface area contributed by atoms with Crippen molar-refractivity contribution in [2.45, 2.75) is 0 Å². The fraction of sp³-hybridized carbons (Fsp3) is 0. The van der Waals surface area contributed by atoms with Gasteiger partial charge in [0.15, 0.2) is 17.5 Å². The molecule has 0 amide bonds. The van der Waals surface area contributed by atoms with Crippen LogP contribution in [-0.4, -0.2) is 39.0 Å². The number of aromatic nitrogens is 8. The molecule has 0 bridgehead atoms. The van der Waals surface area contributed by atoms with Crippen LogP contribution in [0.4, 0.5) is 0 Å². The predicted octanol–water partition coefficient (Wildman–Crippen LogP) is 14.3. The summed E-state index contributed by atoms with van der Waals surface area (Å²) in [5, 5.41) is 2.08. The second-order valence-electron chi connectivity index (χ2n) is 16.7. The molecule has 8 heteroatoms. The monoisotopic (exact) mass is 870 g/mol. The molecular formula is C60H38N8. The van der Waals surface area contributed by atoms with E-state index < -0.39 is 0 Å². The summed E-state index contributed by atoms with van der Waals surface area (Å²) >= 11 is 0. The second kappa shape index (κ2) is 16.2. The Labute approximate surface area is 391 Å². The molecule has 0 saturated heterocycles. The molecule has 0 spiro atoms. The van der Waals surface area contributed by atoms with E-state index in [-0.39, 0.29) is 0 Å². The largest absolute Gasteiger partial charge is 0.307 e. The van der Waals surface area contributed by atoms with Crippen molar-refractivity contribution >= 4 is 43.9 Å². The van der Waals surface area contributed by atoms with E-state index in [4.69, 9.17) is 29.9 Å². The van der Waals surface area contributed by atoms with Gasteiger partial charge in [0.2, 0.25) is 0 Å². The highest BCUT2D eigenvalue weighted by molar-refractivity contribution is 6.11. The van der Waals surface area contributed by atoms with Crippen molar-refractivity contribution in [1.82, 2.24) is 39.0 Å². The maximum Gasteiger partial charge on any atom is 0.164 e. The van der Waals surface area contributed by atoms with Crippen molar-refractivity contribution in [3.63, 3.8) is 0 Å². The molecule has 0 aliphatic carbocycles. The Kier molecular flexibility index (Phi) is 9.31. The van der Waals surface area contributed by atoms with Gasteiger partial charge in [-0.25, -0.2) is 19.9 Å². The van der Waals surface area contributed by atoms with Crippen LogP contribution in [0.5, 0.6) is 0 Å². The lowest BCUT2D eigenvalue weighted by molar-refractivity contribution is 1.07. The minimum absolute atomic E-state index is 0.533. The number of nitrogens with zero attached hydrogens (tertiary/aromatic N) is 8. The maximum atomic E-state index is 5.58. The Morgan fingerprint density at radius 1 is 0.309 bits per heavy atom. The van der Waals surface area contributed by atoms with E-state index in [0.29, 0.717) is 17.5 Å². The van der Waals surface area contributed by atoms with Gasteiger partial charge < -0.3 is 9.13 Å². The van der Waals surface area contributed by atoms with E-state index in [0.717, 1.165) is 106 Å². The van der Waals surface area contributed by atoms with E-state index in [1.54, 1.807) is 0 Å². The van der Waals surface area contributed by atoms with E-state index >= 15 is 0 Å². The van der Waals surface area contributed by atoms with Gasteiger partial charge in [-0.2, -0.15) is 0 Å². The summed E-state index contributed by atoms with van der Waals surface area (Å²) in [4.78, 5) is 31.4. The van der Waals surface area contributed by atoms with Gasteiger partial charge in [-0.1, -0.05) is 158 Å². The zero-order chi connectivity index (χ0) is 45.0.